The third-order valence-corrected chi connectivity index (χ3v) is 12.0. The molecule has 10 heteroatoms. The molecule has 46 heavy (non-hydrogen) atoms. The van der Waals surface area contributed by atoms with Crippen molar-refractivity contribution in [1.29, 1.82) is 0 Å². The van der Waals surface area contributed by atoms with Gasteiger partial charge < -0.3 is 5.48 Å². The Morgan fingerprint density at radius 3 is 1.13 bits per heavy atom. The Morgan fingerprint density at radius 2 is 0.804 bits per heavy atom. The number of alkyl halides is 4. The third-order valence-electron chi connectivity index (χ3n) is 7.83. The van der Waals surface area contributed by atoms with Gasteiger partial charge in [-0.05, 0) is 132 Å². The minimum Gasteiger partial charge on any atom is -0.870 e. The predicted molar refractivity (Wildman–Crippen MR) is 225 cm³/mol. The van der Waals surface area contributed by atoms with Gasteiger partial charge in [0, 0.05) is 44.6 Å². The maximum Gasteiger partial charge on any atom is 1.00 e. The van der Waals surface area contributed by atoms with E-state index >= 15 is 0 Å². The van der Waals surface area contributed by atoms with Crippen molar-refractivity contribution in [1.82, 2.24) is 0 Å². The van der Waals surface area contributed by atoms with Gasteiger partial charge in [-0.2, -0.15) is 0 Å². The molecule has 0 fully saturated rings. The summed E-state index contributed by atoms with van der Waals surface area (Å²) >= 11 is 28.2. The van der Waals surface area contributed by atoms with Crippen LogP contribution in [0.25, 0.3) is 22.3 Å². The maximum absolute atomic E-state index is 3.68. The molecular weight excluding hydrogens is 1110 g/mol. The quantitative estimate of drug-likeness (QED) is 0.112. The molecule has 0 heterocycles. The van der Waals surface area contributed by atoms with E-state index in [2.05, 4.69) is 200 Å². The standard InChI is InChI=1S/C19H18Br4.C13H8Br2.C3H6Br2.CH4.Na.H2O/c20-9-1-7-19(8-2-10-21)17-11-13(22)3-5-15(17)16-6-4-14(23)12-18(16)19;14-10-1-3-12-8(6-10)5-9-7-11(15)2-4-13(9)12;4-2-1-3-5;;;/h3-6,11-12H,1-2,7-10H2;1-4,6-7H,5H2;1-3H2;1H4;;1H2/q;;;;+1;/p-1. The minimum absolute atomic E-state index is 0. The Balaban J connectivity index is 0.000000399. The fraction of sp³-hybridized carbons (Fsp3) is 0.333. The van der Waals surface area contributed by atoms with Crippen LogP contribution in [0.2, 0.25) is 0 Å². The molecule has 4 aromatic carbocycles. The summed E-state index contributed by atoms with van der Waals surface area (Å²) in [6, 6.07) is 26.6. The van der Waals surface area contributed by atoms with E-state index < -0.39 is 0 Å². The molecular formula is C36H37Br8NaO. The van der Waals surface area contributed by atoms with Gasteiger partial charge in [0.2, 0.25) is 0 Å². The van der Waals surface area contributed by atoms with Crippen molar-refractivity contribution in [2.45, 2.75) is 51.4 Å². The van der Waals surface area contributed by atoms with Gasteiger partial charge >= 0.3 is 29.6 Å². The van der Waals surface area contributed by atoms with Crippen molar-refractivity contribution in [3.05, 3.63) is 113 Å². The zero-order valence-corrected chi connectivity index (χ0v) is 39.7. The molecule has 0 radical (unpaired) electrons. The Kier molecular flexibility index (Phi) is 22.4. The molecule has 0 aromatic heterocycles. The van der Waals surface area contributed by atoms with Gasteiger partial charge in [-0.3, -0.25) is 0 Å². The molecule has 0 bridgehead atoms. The SMILES string of the molecule is BrCCCBr.BrCCCC1(CCCBr)c2cc(Br)ccc2-c2ccc(Br)cc21.Brc1ccc2c(c1)Cc1cc(Br)ccc1-2.C.[Na+].[OH-]. The molecule has 6 rings (SSSR count). The molecule has 0 atom stereocenters. The first-order chi connectivity index (χ1) is 20.8. The van der Waals surface area contributed by atoms with Gasteiger partial charge in [-0.1, -0.05) is 159 Å². The van der Waals surface area contributed by atoms with Gasteiger partial charge in [0.25, 0.3) is 0 Å². The molecule has 2 aliphatic rings. The number of hydrogen-bond acceptors (Lipinski definition) is 1. The summed E-state index contributed by atoms with van der Waals surface area (Å²) in [7, 11) is 0. The van der Waals surface area contributed by atoms with E-state index in [0.717, 1.165) is 36.7 Å². The second kappa shape index (κ2) is 22.6. The van der Waals surface area contributed by atoms with Gasteiger partial charge in [0.1, 0.15) is 0 Å². The third kappa shape index (κ3) is 11.3. The van der Waals surface area contributed by atoms with E-state index in [1.165, 1.54) is 85.6 Å². The first-order valence-electron chi connectivity index (χ1n) is 14.2. The van der Waals surface area contributed by atoms with Crippen LogP contribution in [-0.2, 0) is 11.8 Å². The molecule has 0 spiro atoms. The van der Waals surface area contributed by atoms with Crippen LogP contribution in [0.4, 0.5) is 0 Å². The Morgan fingerprint density at radius 1 is 0.478 bits per heavy atom. The number of hydrogen-bond donors (Lipinski definition) is 0. The van der Waals surface area contributed by atoms with Gasteiger partial charge in [0.05, 0.1) is 0 Å². The fourth-order valence-corrected chi connectivity index (χ4v) is 9.45. The molecule has 0 saturated carbocycles. The summed E-state index contributed by atoms with van der Waals surface area (Å²) in [5.74, 6) is 0. The minimum atomic E-state index is 0. The van der Waals surface area contributed by atoms with Crippen molar-refractivity contribution in [3.8, 4) is 22.3 Å². The Bertz CT molecular complexity index is 1430. The summed E-state index contributed by atoms with van der Waals surface area (Å²) in [6.45, 7) is 0. The first kappa shape index (κ1) is 45.7. The molecule has 0 saturated heterocycles. The number of benzene rings is 4. The van der Waals surface area contributed by atoms with Crippen molar-refractivity contribution >= 4 is 127 Å². The summed E-state index contributed by atoms with van der Waals surface area (Å²) in [5.41, 5.74) is 11.5. The van der Waals surface area contributed by atoms with Crippen LogP contribution in [0.1, 0.15) is 61.8 Å². The molecule has 0 unspecified atom stereocenters. The zero-order chi connectivity index (χ0) is 31.0. The van der Waals surface area contributed by atoms with Crippen LogP contribution in [0.3, 0.4) is 0 Å². The summed E-state index contributed by atoms with van der Waals surface area (Å²) in [6.07, 6.45) is 6.99. The van der Waals surface area contributed by atoms with E-state index in [1.807, 2.05) is 0 Å². The van der Waals surface area contributed by atoms with Crippen LogP contribution in [0.5, 0.6) is 0 Å². The molecule has 2 aliphatic carbocycles. The molecule has 244 valence electrons. The molecule has 0 aliphatic heterocycles. The van der Waals surface area contributed by atoms with E-state index in [9.17, 15) is 0 Å². The maximum atomic E-state index is 3.68. The first-order valence-corrected chi connectivity index (χ1v) is 21.8. The monoisotopic (exact) mass is 1140 g/mol. The topological polar surface area (TPSA) is 30.0 Å². The van der Waals surface area contributed by atoms with Crippen LogP contribution < -0.4 is 29.6 Å². The van der Waals surface area contributed by atoms with Crippen molar-refractivity contribution in [3.63, 3.8) is 0 Å². The smallest absolute Gasteiger partial charge is 0.870 e. The normalized spacial score (nSPS) is 12.3. The summed E-state index contributed by atoms with van der Waals surface area (Å²) in [4.78, 5) is 0. The number of halogens is 8. The number of fused-ring (bicyclic) bond motifs is 6. The van der Waals surface area contributed by atoms with E-state index in [4.69, 9.17) is 0 Å². The predicted octanol–water partition coefficient (Wildman–Crippen LogP) is 12.2. The molecule has 0 amide bonds. The summed E-state index contributed by atoms with van der Waals surface area (Å²) < 4.78 is 4.66. The zero-order valence-electron chi connectivity index (χ0n) is 25.0. The average molecular weight is 1150 g/mol. The largest absolute Gasteiger partial charge is 1.00 e. The molecule has 1 nitrogen and oxygen atoms in total. The van der Waals surface area contributed by atoms with Gasteiger partial charge in [-0.15, -0.1) is 0 Å². The molecule has 4 aromatic rings. The average Bonchev–Trinajstić information content (AvgIpc) is 3.47. The molecule has 1 N–H and O–H groups in total. The Hall–Kier alpha value is 1.68. The Labute approximate surface area is 365 Å². The second-order valence-electron chi connectivity index (χ2n) is 10.6. The van der Waals surface area contributed by atoms with Crippen molar-refractivity contribution < 1.29 is 35.0 Å². The van der Waals surface area contributed by atoms with E-state index in [0.29, 0.717) is 0 Å². The second-order valence-corrected chi connectivity index (χ2v) is 17.4. The van der Waals surface area contributed by atoms with Gasteiger partial charge in [0.15, 0.2) is 0 Å². The number of rotatable bonds is 8. The summed E-state index contributed by atoms with van der Waals surface area (Å²) in [5, 5.41) is 4.32. The van der Waals surface area contributed by atoms with Gasteiger partial charge in [-0.25, -0.2) is 0 Å². The fourth-order valence-electron chi connectivity index (χ4n) is 6.04. The van der Waals surface area contributed by atoms with Crippen molar-refractivity contribution in [2.24, 2.45) is 0 Å². The van der Waals surface area contributed by atoms with E-state index in [1.54, 1.807) is 0 Å². The van der Waals surface area contributed by atoms with Crippen LogP contribution >= 0.6 is 127 Å². The van der Waals surface area contributed by atoms with Crippen LogP contribution in [0, 0.1) is 0 Å². The van der Waals surface area contributed by atoms with E-state index in [-0.39, 0.29) is 47.9 Å². The van der Waals surface area contributed by atoms with Crippen molar-refractivity contribution in [2.75, 3.05) is 21.3 Å². The van der Waals surface area contributed by atoms with Crippen LogP contribution in [0.15, 0.2) is 90.7 Å². The van der Waals surface area contributed by atoms with Crippen LogP contribution in [-0.4, -0.2) is 26.8 Å².